The van der Waals surface area contributed by atoms with Crippen molar-refractivity contribution < 1.29 is 9.13 Å². The molecule has 2 rings (SSSR count). The lowest BCUT2D eigenvalue weighted by atomic mass is 9.89. The minimum atomic E-state index is -0.310. The van der Waals surface area contributed by atoms with Crippen molar-refractivity contribution in [2.45, 2.75) is 37.6 Å². The van der Waals surface area contributed by atoms with E-state index in [1.165, 1.54) is 32.4 Å². The monoisotopic (exact) mass is 285 g/mol. The highest BCUT2D eigenvalue weighted by molar-refractivity contribution is 6.20. The molecule has 19 heavy (non-hydrogen) atoms. The van der Waals surface area contributed by atoms with Crippen LogP contribution in [-0.4, -0.2) is 19.0 Å². The number of methoxy groups -OCH3 is 1. The van der Waals surface area contributed by atoms with Crippen molar-refractivity contribution in [2.75, 3.05) is 13.7 Å². The van der Waals surface area contributed by atoms with Crippen LogP contribution in [-0.2, 0) is 6.54 Å². The zero-order valence-corrected chi connectivity index (χ0v) is 12.0. The Bertz CT molecular complexity index is 413. The molecule has 0 radical (unpaired) electrons. The Morgan fingerprint density at radius 2 is 2.16 bits per heavy atom. The van der Waals surface area contributed by atoms with Crippen molar-refractivity contribution in [2.24, 2.45) is 5.92 Å². The molecule has 1 aliphatic carbocycles. The summed E-state index contributed by atoms with van der Waals surface area (Å²) >= 11 is 6.31. The van der Waals surface area contributed by atoms with Gasteiger partial charge in [-0.25, -0.2) is 4.39 Å². The second kappa shape index (κ2) is 7.11. The van der Waals surface area contributed by atoms with Crippen molar-refractivity contribution in [3.8, 4) is 5.75 Å². The molecule has 0 heterocycles. The van der Waals surface area contributed by atoms with Gasteiger partial charge in [-0.15, -0.1) is 11.6 Å². The lowest BCUT2D eigenvalue weighted by Crippen LogP contribution is -2.30. The Balaban J connectivity index is 1.80. The molecule has 0 aliphatic heterocycles. The normalized spacial score (nSPS) is 23.3. The van der Waals surface area contributed by atoms with Gasteiger partial charge in [-0.1, -0.05) is 18.9 Å². The van der Waals surface area contributed by atoms with E-state index in [-0.39, 0.29) is 16.9 Å². The molecule has 2 atom stereocenters. The summed E-state index contributed by atoms with van der Waals surface area (Å²) in [7, 11) is 1.47. The molecule has 1 aromatic rings. The molecule has 0 saturated heterocycles. The summed E-state index contributed by atoms with van der Waals surface area (Å²) < 4.78 is 18.4. The molecule has 1 aliphatic rings. The van der Waals surface area contributed by atoms with Crippen LogP contribution in [0.3, 0.4) is 0 Å². The second-order valence-corrected chi connectivity index (χ2v) is 5.72. The molecule has 1 aromatic carbocycles. The van der Waals surface area contributed by atoms with E-state index in [2.05, 4.69) is 5.32 Å². The fraction of sp³-hybridized carbons (Fsp3) is 0.600. The van der Waals surface area contributed by atoms with Gasteiger partial charge in [-0.3, -0.25) is 0 Å². The SMILES string of the molecule is COc1ccc(CNCC2CCCCC2Cl)cc1F. The Labute approximate surface area is 119 Å². The minimum Gasteiger partial charge on any atom is -0.494 e. The van der Waals surface area contributed by atoms with Gasteiger partial charge in [0, 0.05) is 11.9 Å². The van der Waals surface area contributed by atoms with E-state index in [9.17, 15) is 4.39 Å². The number of rotatable bonds is 5. The van der Waals surface area contributed by atoms with E-state index in [4.69, 9.17) is 16.3 Å². The Kier molecular flexibility index (Phi) is 5.46. The third-order valence-electron chi connectivity index (χ3n) is 3.77. The first-order valence-electron chi connectivity index (χ1n) is 6.88. The van der Waals surface area contributed by atoms with Crippen molar-refractivity contribution in [1.82, 2.24) is 5.32 Å². The molecule has 2 unspecified atom stereocenters. The molecule has 0 amide bonds. The first-order valence-corrected chi connectivity index (χ1v) is 7.31. The van der Waals surface area contributed by atoms with E-state index < -0.39 is 0 Å². The van der Waals surface area contributed by atoms with Crippen LogP contribution in [0.25, 0.3) is 0 Å². The quantitative estimate of drug-likeness (QED) is 0.833. The summed E-state index contributed by atoms with van der Waals surface area (Å²) in [5.74, 6) is 0.519. The molecule has 1 fully saturated rings. The predicted octanol–water partition coefficient (Wildman–Crippen LogP) is 3.72. The van der Waals surface area contributed by atoms with Crippen molar-refractivity contribution in [3.05, 3.63) is 29.6 Å². The molecule has 0 aromatic heterocycles. The topological polar surface area (TPSA) is 21.3 Å². The van der Waals surface area contributed by atoms with Crippen LogP contribution in [0.5, 0.6) is 5.75 Å². The Morgan fingerprint density at radius 1 is 1.37 bits per heavy atom. The van der Waals surface area contributed by atoms with E-state index in [1.807, 2.05) is 6.07 Å². The highest BCUT2D eigenvalue weighted by Crippen LogP contribution is 2.28. The maximum absolute atomic E-state index is 13.5. The summed E-state index contributed by atoms with van der Waals surface area (Å²) in [5.41, 5.74) is 0.931. The van der Waals surface area contributed by atoms with Crippen LogP contribution in [0.2, 0.25) is 0 Å². The summed E-state index contributed by atoms with van der Waals surface area (Å²) in [6.07, 6.45) is 4.82. The van der Waals surface area contributed by atoms with E-state index in [0.717, 1.165) is 18.5 Å². The molecule has 0 bridgehead atoms. The Hall–Kier alpha value is -0.800. The third kappa shape index (κ3) is 4.08. The average molecular weight is 286 g/mol. The van der Waals surface area contributed by atoms with Gasteiger partial charge in [0.15, 0.2) is 11.6 Å². The zero-order valence-electron chi connectivity index (χ0n) is 11.3. The predicted molar refractivity (Wildman–Crippen MR) is 76.3 cm³/mol. The maximum atomic E-state index is 13.5. The van der Waals surface area contributed by atoms with Gasteiger partial charge in [-0.2, -0.15) is 0 Å². The van der Waals surface area contributed by atoms with E-state index in [1.54, 1.807) is 6.07 Å². The molecule has 1 saturated carbocycles. The number of ether oxygens (including phenoxy) is 1. The van der Waals surface area contributed by atoms with Crippen molar-refractivity contribution in [3.63, 3.8) is 0 Å². The Morgan fingerprint density at radius 3 is 2.84 bits per heavy atom. The van der Waals surface area contributed by atoms with Crippen molar-refractivity contribution >= 4 is 11.6 Å². The molecule has 106 valence electrons. The van der Waals surface area contributed by atoms with Crippen LogP contribution in [0.15, 0.2) is 18.2 Å². The van der Waals surface area contributed by atoms with Gasteiger partial charge in [0.1, 0.15) is 0 Å². The lowest BCUT2D eigenvalue weighted by molar-refractivity contribution is 0.348. The summed E-state index contributed by atoms with van der Waals surface area (Å²) in [6.45, 7) is 1.57. The number of hydrogen-bond acceptors (Lipinski definition) is 2. The molecular formula is C15H21ClFNO. The number of benzene rings is 1. The van der Waals surface area contributed by atoms with Gasteiger partial charge < -0.3 is 10.1 Å². The largest absolute Gasteiger partial charge is 0.494 e. The summed E-state index contributed by atoms with van der Waals surface area (Å²) in [5, 5.41) is 3.66. The van der Waals surface area contributed by atoms with Gasteiger partial charge in [0.2, 0.25) is 0 Å². The maximum Gasteiger partial charge on any atom is 0.165 e. The van der Waals surface area contributed by atoms with Crippen molar-refractivity contribution in [1.29, 1.82) is 0 Å². The van der Waals surface area contributed by atoms with Gasteiger partial charge >= 0.3 is 0 Å². The van der Waals surface area contributed by atoms with Crippen LogP contribution in [0.4, 0.5) is 4.39 Å². The van der Waals surface area contributed by atoms with Crippen LogP contribution in [0, 0.1) is 11.7 Å². The minimum absolute atomic E-state index is 0.286. The number of nitrogens with one attached hydrogen (secondary N) is 1. The third-order valence-corrected chi connectivity index (χ3v) is 4.34. The molecule has 1 N–H and O–H groups in total. The number of hydrogen-bond donors (Lipinski definition) is 1. The fourth-order valence-electron chi connectivity index (χ4n) is 2.61. The molecule has 4 heteroatoms. The first-order chi connectivity index (χ1) is 9.20. The lowest BCUT2D eigenvalue weighted by Gasteiger charge is -2.27. The molecule has 0 spiro atoms. The molecular weight excluding hydrogens is 265 g/mol. The number of halogens is 2. The second-order valence-electron chi connectivity index (χ2n) is 5.16. The average Bonchev–Trinajstić information content (AvgIpc) is 2.41. The highest BCUT2D eigenvalue weighted by Gasteiger charge is 2.22. The van der Waals surface area contributed by atoms with E-state index in [0.29, 0.717) is 12.5 Å². The molecule has 2 nitrogen and oxygen atoms in total. The van der Waals surface area contributed by atoms with E-state index >= 15 is 0 Å². The smallest absolute Gasteiger partial charge is 0.165 e. The standard InChI is InChI=1S/C15H21ClFNO/c1-19-15-7-6-11(8-14(15)17)9-18-10-12-4-2-3-5-13(12)16/h6-8,12-13,18H,2-5,9-10H2,1H3. The summed E-state index contributed by atoms with van der Waals surface area (Å²) in [4.78, 5) is 0. The van der Waals surface area contributed by atoms with Gasteiger partial charge in [-0.05, 0) is 43.0 Å². The fourth-order valence-corrected chi connectivity index (χ4v) is 2.98. The highest BCUT2D eigenvalue weighted by atomic mass is 35.5. The number of alkyl halides is 1. The first kappa shape index (κ1) is 14.6. The summed E-state index contributed by atoms with van der Waals surface area (Å²) in [6, 6.07) is 5.07. The van der Waals surface area contributed by atoms with Gasteiger partial charge in [0.25, 0.3) is 0 Å². The zero-order chi connectivity index (χ0) is 13.7. The van der Waals surface area contributed by atoms with Crippen LogP contribution >= 0.6 is 11.6 Å². The van der Waals surface area contributed by atoms with Gasteiger partial charge in [0.05, 0.1) is 7.11 Å². The van der Waals surface area contributed by atoms with Crippen LogP contribution < -0.4 is 10.1 Å². The van der Waals surface area contributed by atoms with Crippen LogP contribution in [0.1, 0.15) is 31.2 Å².